The quantitative estimate of drug-likeness (QED) is 0.0309. The van der Waals surface area contributed by atoms with Crippen LogP contribution in [-0.2, 0) is 59.2 Å². The van der Waals surface area contributed by atoms with Crippen molar-refractivity contribution in [2.75, 3.05) is 12.4 Å². The van der Waals surface area contributed by atoms with Crippen LogP contribution in [-0.4, -0.2) is 168 Å². The van der Waals surface area contributed by atoms with Gasteiger partial charge in [-0.25, -0.2) is 9.78 Å². The molecule has 1 rings (SSSR count). The fourth-order valence-electron chi connectivity index (χ4n) is 6.33. The zero-order valence-electron chi connectivity index (χ0n) is 39.4. The Hall–Kier alpha value is -6.39. The molecule has 0 bridgehead atoms. The minimum absolute atomic E-state index is 0.0755. The predicted molar refractivity (Wildman–Crippen MR) is 246 cm³/mol. The average Bonchev–Trinajstić information content (AvgIpc) is 3.77. The number of aliphatic hydroxyl groups is 2. The van der Waals surface area contributed by atoms with Crippen LogP contribution in [0.25, 0.3) is 0 Å². The molecule has 0 saturated heterocycles. The third-order valence-electron chi connectivity index (χ3n) is 10.2. The van der Waals surface area contributed by atoms with E-state index in [9.17, 15) is 68.1 Å². The van der Waals surface area contributed by atoms with Gasteiger partial charge in [-0.15, -0.1) is 0 Å². The summed E-state index contributed by atoms with van der Waals surface area (Å²) in [4.78, 5) is 149. The minimum atomic E-state index is -1.89. The molecule has 0 spiro atoms. The highest BCUT2D eigenvalue weighted by molar-refractivity contribution is 7.80. The highest BCUT2D eigenvalue weighted by atomic mass is 32.1. The highest BCUT2D eigenvalue weighted by Crippen LogP contribution is 2.10. The van der Waals surface area contributed by atoms with Gasteiger partial charge >= 0.3 is 11.9 Å². The number of hydrogen-bond acceptors (Lipinski definition) is 16. The van der Waals surface area contributed by atoms with Crippen LogP contribution in [0.5, 0.6) is 0 Å². The van der Waals surface area contributed by atoms with E-state index >= 15 is 0 Å². The highest BCUT2D eigenvalue weighted by Gasteiger charge is 2.37. The molecular formula is C41H68N12O15S. The average molecular weight is 1000 g/mol. The number of nitrogens with zero attached hydrogens (tertiary/aromatic N) is 1. The van der Waals surface area contributed by atoms with Crippen molar-refractivity contribution in [1.82, 2.24) is 52.5 Å². The van der Waals surface area contributed by atoms with E-state index in [-0.39, 0.29) is 23.8 Å². The number of nitrogens with two attached hydrogens (primary N) is 2. The van der Waals surface area contributed by atoms with E-state index in [1.807, 2.05) is 13.8 Å². The van der Waals surface area contributed by atoms with E-state index in [0.29, 0.717) is 6.42 Å². The van der Waals surface area contributed by atoms with Crippen LogP contribution in [0.2, 0.25) is 0 Å². The van der Waals surface area contributed by atoms with Crippen LogP contribution in [0.1, 0.15) is 79.8 Å². The Balaban J connectivity index is 3.32. The summed E-state index contributed by atoms with van der Waals surface area (Å²) in [7, 11) is 0. The fraction of sp³-hybridized carbons (Fsp3) is 0.659. The Morgan fingerprint density at radius 3 is 1.52 bits per heavy atom. The molecule has 1 aromatic heterocycles. The third-order valence-corrected chi connectivity index (χ3v) is 10.5. The van der Waals surface area contributed by atoms with Gasteiger partial charge in [-0.3, -0.25) is 47.9 Å². The number of aliphatic hydroxyl groups excluding tert-OH is 2. The summed E-state index contributed by atoms with van der Waals surface area (Å²) in [6.45, 7) is 9.78. The lowest BCUT2D eigenvalue weighted by Gasteiger charge is -2.29. The number of carbonyl (C=O) groups is 11. The lowest BCUT2D eigenvalue weighted by atomic mass is 10.0. The Bertz CT molecular complexity index is 1950. The van der Waals surface area contributed by atoms with Crippen LogP contribution in [0, 0.1) is 17.8 Å². The van der Waals surface area contributed by atoms with Crippen molar-refractivity contribution in [2.24, 2.45) is 29.2 Å². The molecule has 28 heteroatoms. The van der Waals surface area contributed by atoms with Crippen LogP contribution < -0.4 is 54.0 Å². The molecule has 0 fully saturated rings. The number of carboxylic acids is 2. The second-order valence-corrected chi connectivity index (χ2v) is 17.7. The lowest BCUT2D eigenvalue weighted by molar-refractivity contribution is -0.147. The first-order valence-corrected chi connectivity index (χ1v) is 22.5. The monoisotopic (exact) mass is 1000 g/mol. The van der Waals surface area contributed by atoms with Crippen molar-refractivity contribution in [1.29, 1.82) is 0 Å². The number of carbonyl (C=O) groups excluding carboxylic acids is 9. The molecular weight excluding hydrogens is 933 g/mol. The normalized spacial score (nSPS) is 15.6. The van der Waals surface area contributed by atoms with E-state index in [1.165, 1.54) is 26.4 Å². The molecule has 10 atom stereocenters. The molecule has 0 saturated carbocycles. The number of amides is 9. The first-order chi connectivity index (χ1) is 32.1. The number of H-pyrrole nitrogens is 1. The number of carboxylic acid groups (broad SMARTS) is 2. The van der Waals surface area contributed by atoms with Gasteiger partial charge in [0.25, 0.3) is 0 Å². The van der Waals surface area contributed by atoms with Gasteiger partial charge < -0.3 is 79.4 Å². The van der Waals surface area contributed by atoms with Crippen molar-refractivity contribution in [2.45, 2.75) is 141 Å². The number of aromatic nitrogens is 2. The van der Waals surface area contributed by atoms with Crippen LogP contribution in [0.4, 0.5) is 0 Å². The number of thiol groups is 1. The summed E-state index contributed by atoms with van der Waals surface area (Å²) < 4.78 is 0. The van der Waals surface area contributed by atoms with E-state index in [4.69, 9.17) is 16.6 Å². The summed E-state index contributed by atoms with van der Waals surface area (Å²) >= 11 is 4.14. The maximum absolute atomic E-state index is 13.7. The summed E-state index contributed by atoms with van der Waals surface area (Å²) in [5, 5.41) is 58.0. The van der Waals surface area contributed by atoms with Crippen molar-refractivity contribution in [3.05, 3.63) is 18.2 Å². The topological polar surface area (TPSA) is 446 Å². The summed E-state index contributed by atoms with van der Waals surface area (Å²) in [6, 6.07) is -13.8. The molecule has 27 nitrogen and oxygen atoms in total. The Morgan fingerprint density at radius 1 is 0.638 bits per heavy atom. The van der Waals surface area contributed by atoms with Gasteiger partial charge in [-0.1, -0.05) is 41.5 Å². The minimum Gasteiger partial charge on any atom is -0.481 e. The Kier molecular flexibility index (Phi) is 25.9. The summed E-state index contributed by atoms with van der Waals surface area (Å²) in [6.07, 6.45) is -1.03. The summed E-state index contributed by atoms with van der Waals surface area (Å²) in [5.74, 6) is -13.5. The third kappa shape index (κ3) is 21.2. The molecule has 0 aliphatic rings. The maximum atomic E-state index is 13.7. The number of nitrogens with one attached hydrogen (secondary N) is 9. The number of imidazole rings is 1. The smallest absolute Gasteiger partial charge is 0.326 e. The number of hydrogen-bond donors (Lipinski definition) is 16. The second-order valence-electron chi connectivity index (χ2n) is 17.3. The number of rotatable bonds is 31. The van der Waals surface area contributed by atoms with Crippen LogP contribution >= 0.6 is 12.6 Å². The van der Waals surface area contributed by atoms with E-state index in [2.05, 4.69) is 65.1 Å². The van der Waals surface area contributed by atoms with Crippen molar-refractivity contribution in [3.63, 3.8) is 0 Å². The van der Waals surface area contributed by atoms with Gasteiger partial charge in [0.05, 0.1) is 31.5 Å². The first kappa shape index (κ1) is 60.6. The number of aromatic amines is 1. The molecule has 0 radical (unpaired) electrons. The second kappa shape index (κ2) is 29.5. The molecule has 0 aliphatic heterocycles. The van der Waals surface area contributed by atoms with E-state index in [1.54, 1.807) is 13.8 Å². The van der Waals surface area contributed by atoms with Gasteiger partial charge in [0.15, 0.2) is 0 Å². The SMILES string of the molecule is CC(C)C[C@H](N)C(=O)N[C@@H](CS)C(=O)N[C@H](C(=O)N[C@@H](CCC(N)=O)C(=O)N[C@@H](CO)C(=O)N[C@H](C(=O)N[C@@H](Cc1cnc[nH]1)C(=O)N[C@H](C(=O)N[C@@H](CC(=O)O)C(=O)O)C(C)C)[C@@H](C)O)C(C)C. The Morgan fingerprint density at radius 2 is 1.09 bits per heavy atom. The maximum Gasteiger partial charge on any atom is 0.326 e. The zero-order chi connectivity index (χ0) is 52.9. The number of aliphatic carboxylic acids is 2. The van der Waals surface area contributed by atoms with E-state index in [0.717, 1.165) is 6.92 Å². The van der Waals surface area contributed by atoms with Crippen LogP contribution in [0.15, 0.2) is 12.5 Å². The fourth-order valence-corrected chi connectivity index (χ4v) is 6.59. The molecule has 388 valence electrons. The molecule has 0 aliphatic carbocycles. The first-order valence-electron chi connectivity index (χ1n) is 21.9. The summed E-state index contributed by atoms with van der Waals surface area (Å²) in [5.41, 5.74) is 11.5. The lowest BCUT2D eigenvalue weighted by Crippen LogP contribution is -2.63. The van der Waals surface area contributed by atoms with Crippen molar-refractivity contribution < 1.29 is 73.2 Å². The molecule has 9 amide bonds. The van der Waals surface area contributed by atoms with Gasteiger partial charge in [0, 0.05) is 30.5 Å². The van der Waals surface area contributed by atoms with Crippen molar-refractivity contribution in [3.8, 4) is 0 Å². The van der Waals surface area contributed by atoms with Gasteiger partial charge in [0.1, 0.15) is 48.3 Å². The molecule has 0 unspecified atom stereocenters. The molecule has 0 aromatic carbocycles. The Labute approximate surface area is 403 Å². The molecule has 69 heavy (non-hydrogen) atoms. The molecule has 1 heterocycles. The van der Waals surface area contributed by atoms with Crippen molar-refractivity contribution >= 4 is 77.7 Å². The van der Waals surface area contributed by atoms with Gasteiger partial charge in [-0.2, -0.15) is 12.6 Å². The zero-order valence-corrected chi connectivity index (χ0v) is 40.3. The molecule has 1 aromatic rings. The number of primary amides is 1. The van der Waals surface area contributed by atoms with E-state index < -0.39 is 163 Å². The standard InChI is InChI=1S/C41H68N12O15S/c1-17(2)10-22(42)33(59)50-27(15-69)37(63)52-30(18(3)4)38(64)46-23(8-9-28(43)56)34(60)49-26(14-54)36(62)53-32(20(7)55)40(66)47-24(11-21-13-44-16-45-21)35(61)51-31(19(5)6)39(65)48-25(41(67)68)12-29(57)58/h13,16-20,22-27,30-32,54-55,69H,8-12,14-15,42H2,1-7H3,(H2,43,56)(H,44,45)(H,46,64)(H,47,66)(H,48,65)(H,49,60)(H,50,59)(H,51,61)(H,52,63)(H,53,62)(H,57,58)(H,67,68)/t20-,22+,23+,24+,25+,26+,27+,30+,31+,32+/m1/s1. The van der Waals surface area contributed by atoms with Gasteiger partial charge in [0.2, 0.25) is 53.2 Å². The van der Waals surface area contributed by atoms with Gasteiger partial charge in [-0.05, 0) is 37.5 Å². The largest absolute Gasteiger partial charge is 0.481 e. The molecule has 17 N–H and O–H groups in total. The predicted octanol–water partition coefficient (Wildman–Crippen LogP) is -5.36. The van der Waals surface area contributed by atoms with Crippen LogP contribution in [0.3, 0.4) is 0 Å².